The van der Waals surface area contributed by atoms with Crippen LogP contribution >= 0.6 is 0 Å². The van der Waals surface area contributed by atoms with Crippen molar-refractivity contribution in [3.05, 3.63) is 53.6 Å². The van der Waals surface area contributed by atoms with Crippen molar-refractivity contribution in [1.29, 1.82) is 0 Å². The molecule has 0 amide bonds. The highest BCUT2D eigenvalue weighted by atomic mass is 19.4. The summed E-state index contributed by atoms with van der Waals surface area (Å²) in [6.07, 6.45) is -7.85. The first-order valence-electron chi connectivity index (χ1n) is 8.43. The summed E-state index contributed by atoms with van der Waals surface area (Å²) in [5.41, 5.74) is -2.51. The van der Waals surface area contributed by atoms with Gasteiger partial charge in [0, 0.05) is 12.5 Å². The molecule has 0 radical (unpaired) electrons. The van der Waals surface area contributed by atoms with Gasteiger partial charge in [0.15, 0.2) is 5.69 Å². The van der Waals surface area contributed by atoms with Crippen molar-refractivity contribution < 1.29 is 36.2 Å². The fourth-order valence-electron chi connectivity index (χ4n) is 2.62. The lowest BCUT2D eigenvalue weighted by atomic mass is 10.2. The molecule has 0 spiro atoms. The average molecular weight is 433 g/mol. The van der Waals surface area contributed by atoms with Crippen LogP contribution in [0.3, 0.4) is 0 Å². The highest BCUT2D eigenvalue weighted by Gasteiger charge is 2.42. The molecule has 13 heteroatoms. The molecular weight excluding hydrogens is 420 g/mol. The fourth-order valence-corrected chi connectivity index (χ4v) is 2.62. The summed E-state index contributed by atoms with van der Waals surface area (Å²) in [7, 11) is 0. The summed E-state index contributed by atoms with van der Waals surface area (Å²) in [6.45, 7) is 0. The zero-order chi connectivity index (χ0) is 22.1. The summed E-state index contributed by atoms with van der Waals surface area (Å²) in [4.78, 5) is 10.5. The van der Waals surface area contributed by atoms with Crippen LogP contribution in [-0.4, -0.2) is 35.9 Å². The van der Waals surface area contributed by atoms with Gasteiger partial charge in [-0.25, -0.2) is 9.36 Å². The van der Waals surface area contributed by atoms with E-state index in [1.165, 1.54) is 35.1 Å². The molecule has 0 saturated heterocycles. The van der Waals surface area contributed by atoms with Crippen LogP contribution in [-0.2, 0) is 23.6 Å². The third-order valence-electron chi connectivity index (χ3n) is 4.01. The van der Waals surface area contributed by atoms with Crippen molar-refractivity contribution in [1.82, 2.24) is 24.8 Å². The minimum atomic E-state index is -5.04. The minimum absolute atomic E-state index is 0.0348. The number of nitrogens with zero attached hydrogens (tertiary/aromatic N) is 5. The number of alkyl halides is 6. The number of carbonyl (C=O) groups is 1. The molecule has 0 atom stereocenters. The van der Waals surface area contributed by atoms with Gasteiger partial charge in [0.05, 0.1) is 23.3 Å². The Morgan fingerprint density at radius 1 is 1.00 bits per heavy atom. The summed E-state index contributed by atoms with van der Waals surface area (Å²) >= 11 is 0. The zero-order valence-electron chi connectivity index (χ0n) is 14.9. The van der Waals surface area contributed by atoms with Crippen LogP contribution in [0.5, 0.6) is 0 Å². The van der Waals surface area contributed by atoms with Gasteiger partial charge in [-0.2, -0.15) is 31.4 Å². The molecule has 160 valence electrons. The zero-order valence-corrected chi connectivity index (χ0v) is 14.9. The first kappa shape index (κ1) is 21.3. The largest absolute Gasteiger partial charge is 0.481 e. The van der Waals surface area contributed by atoms with Crippen LogP contribution in [0.4, 0.5) is 26.3 Å². The van der Waals surface area contributed by atoms with Crippen molar-refractivity contribution in [2.45, 2.75) is 31.6 Å². The number of aryl methyl sites for hydroxylation is 1. The van der Waals surface area contributed by atoms with E-state index in [1.807, 2.05) is 0 Å². The minimum Gasteiger partial charge on any atom is -0.481 e. The van der Waals surface area contributed by atoms with Gasteiger partial charge in [0.1, 0.15) is 5.69 Å². The standard InChI is InChI=1S/C17H13F6N5O2/c18-16(19,20)13-8-14(17(21,22)23)28(25-13)12-6-4-11(5-7-12)27-9-10(24-26-27)2-1-3-15(29)30/h4-9H,1-3H2,(H,29,30). The van der Waals surface area contributed by atoms with Crippen molar-refractivity contribution in [3.63, 3.8) is 0 Å². The average Bonchev–Trinajstić information content (AvgIpc) is 3.28. The number of halogens is 6. The third kappa shape index (κ3) is 4.78. The molecule has 0 aliphatic rings. The first-order valence-corrected chi connectivity index (χ1v) is 8.43. The Labute approximate surface area is 164 Å². The highest BCUT2D eigenvalue weighted by molar-refractivity contribution is 5.66. The predicted molar refractivity (Wildman–Crippen MR) is 89.1 cm³/mol. The maximum atomic E-state index is 13.1. The molecule has 0 bridgehead atoms. The number of hydrogen-bond acceptors (Lipinski definition) is 4. The van der Waals surface area contributed by atoms with Gasteiger partial charge in [-0.15, -0.1) is 5.10 Å². The molecule has 3 rings (SSSR count). The van der Waals surface area contributed by atoms with Crippen molar-refractivity contribution in [3.8, 4) is 11.4 Å². The molecule has 0 saturated carbocycles. The Kier molecular flexibility index (Phi) is 5.55. The van der Waals surface area contributed by atoms with Gasteiger partial charge in [0.2, 0.25) is 0 Å². The Morgan fingerprint density at radius 2 is 1.63 bits per heavy atom. The number of carboxylic acids is 1. The van der Waals surface area contributed by atoms with Crippen LogP contribution in [0.15, 0.2) is 36.5 Å². The SMILES string of the molecule is O=C(O)CCCc1cn(-c2ccc(-n3nc(C(F)(F)F)cc3C(F)(F)F)cc2)nn1. The summed E-state index contributed by atoms with van der Waals surface area (Å²) in [5, 5.41) is 19.4. The molecule has 0 aliphatic carbocycles. The number of hydrogen-bond donors (Lipinski definition) is 1. The number of carboxylic acid groups (broad SMARTS) is 1. The summed E-state index contributed by atoms with van der Waals surface area (Å²) < 4.78 is 79.4. The monoisotopic (exact) mass is 433 g/mol. The van der Waals surface area contributed by atoms with Crippen molar-refractivity contribution in [2.75, 3.05) is 0 Å². The second-order valence-corrected chi connectivity index (χ2v) is 6.24. The first-order chi connectivity index (χ1) is 13.9. The van der Waals surface area contributed by atoms with Gasteiger partial charge in [0.25, 0.3) is 0 Å². The molecule has 30 heavy (non-hydrogen) atoms. The molecule has 0 aliphatic heterocycles. The van der Waals surface area contributed by atoms with E-state index in [9.17, 15) is 31.1 Å². The molecule has 0 unspecified atom stereocenters. The van der Waals surface area contributed by atoms with Crippen molar-refractivity contribution >= 4 is 5.97 Å². The number of rotatable bonds is 6. The second-order valence-electron chi connectivity index (χ2n) is 6.24. The van der Waals surface area contributed by atoms with Crippen LogP contribution in [0.2, 0.25) is 0 Å². The van der Waals surface area contributed by atoms with E-state index >= 15 is 0 Å². The molecule has 0 fully saturated rings. The van der Waals surface area contributed by atoms with Crippen molar-refractivity contribution in [2.24, 2.45) is 0 Å². The van der Waals surface area contributed by atoms with E-state index in [-0.39, 0.29) is 22.9 Å². The lowest BCUT2D eigenvalue weighted by Gasteiger charge is -2.10. The lowest BCUT2D eigenvalue weighted by Crippen LogP contribution is -2.13. The Hall–Kier alpha value is -3.38. The summed E-state index contributed by atoms with van der Waals surface area (Å²) in [5.74, 6) is -0.941. The lowest BCUT2D eigenvalue weighted by molar-refractivity contribution is -0.143. The smallest absolute Gasteiger partial charge is 0.435 e. The molecule has 2 aromatic heterocycles. The molecular formula is C17H13F6N5O2. The van der Waals surface area contributed by atoms with Crippen LogP contribution in [0.25, 0.3) is 11.4 Å². The van der Waals surface area contributed by atoms with Gasteiger partial charge in [-0.3, -0.25) is 4.79 Å². The number of aliphatic carboxylic acids is 1. The van der Waals surface area contributed by atoms with E-state index in [4.69, 9.17) is 5.11 Å². The van der Waals surface area contributed by atoms with Crippen LogP contribution < -0.4 is 0 Å². The van der Waals surface area contributed by atoms with Gasteiger partial charge < -0.3 is 5.11 Å². The quantitative estimate of drug-likeness (QED) is 0.596. The summed E-state index contributed by atoms with van der Waals surface area (Å²) in [6, 6.07) is 4.99. The van der Waals surface area contributed by atoms with E-state index in [1.54, 1.807) is 0 Å². The fraction of sp³-hybridized carbons (Fsp3) is 0.294. The second kappa shape index (κ2) is 7.80. The van der Waals surface area contributed by atoms with Gasteiger partial charge in [-0.05, 0) is 37.1 Å². The van der Waals surface area contributed by atoms with E-state index in [0.29, 0.717) is 24.2 Å². The highest BCUT2D eigenvalue weighted by Crippen LogP contribution is 2.36. The van der Waals surface area contributed by atoms with Crippen LogP contribution in [0, 0.1) is 0 Å². The van der Waals surface area contributed by atoms with E-state index in [0.717, 1.165) is 0 Å². The van der Waals surface area contributed by atoms with Gasteiger partial charge >= 0.3 is 18.3 Å². The maximum Gasteiger partial charge on any atom is 0.435 e. The molecule has 2 heterocycles. The number of benzene rings is 1. The molecule has 1 aromatic carbocycles. The normalized spacial score (nSPS) is 12.3. The number of aromatic nitrogens is 5. The third-order valence-corrected chi connectivity index (χ3v) is 4.01. The Morgan fingerprint density at radius 3 is 2.20 bits per heavy atom. The van der Waals surface area contributed by atoms with Gasteiger partial charge in [-0.1, -0.05) is 5.21 Å². The molecule has 1 N–H and O–H groups in total. The van der Waals surface area contributed by atoms with Crippen LogP contribution in [0.1, 0.15) is 29.9 Å². The van der Waals surface area contributed by atoms with E-state index < -0.39 is 29.7 Å². The predicted octanol–water partition coefficient (Wildman–Crippen LogP) is 3.90. The molecule has 7 nitrogen and oxygen atoms in total. The van der Waals surface area contributed by atoms with E-state index in [2.05, 4.69) is 15.4 Å². The molecule has 3 aromatic rings. The topological polar surface area (TPSA) is 85.8 Å². The Balaban J connectivity index is 1.85. The Bertz CT molecular complexity index is 1040. The maximum absolute atomic E-state index is 13.1.